The predicted molar refractivity (Wildman–Crippen MR) is 136 cm³/mol. The maximum atomic E-state index is 12.9. The van der Waals surface area contributed by atoms with Gasteiger partial charge in [-0.05, 0) is 68.7 Å². The number of carbonyl (C=O) groups is 2. The summed E-state index contributed by atoms with van der Waals surface area (Å²) >= 11 is 1.51. The van der Waals surface area contributed by atoms with Crippen molar-refractivity contribution in [2.24, 2.45) is 0 Å². The second-order valence-electron chi connectivity index (χ2n) is 9.20. The molecule has 0 atom stereocenters. The SMILES string of the molecule is CC(C)Oc1ccc(C(=O)N2CCC(c3nc(C(=O)NCc4ccc5c(c4)OCO5)cs3)CC2)cc1. The Labute approximate surface area is 214 Å². The van der Waals surface area contributed by atoms with E-state index >= 15 is 0 Å². The number of rotatable bonds is 7. The first-order valence-electron chi connectivity index (χ1n) is 12.1. The Hall–Kier alpha value is -3.59. The van der Waals surface area contributed by atoms with Gasteiger partial charge in [0, 0.05) is 36.5 Å². The fourth-order valence-electron chi connectivity index (χ4n) is 4.36. The molecule has 2 amide bonds. The second-order valence-corrected chi connectivity index (χ2v) is 10.1. The molecule has 0 unspecified atom stereocenters. The Balaban J connectivity index is 1.12. The first-order chi connectivity index (χ1) is 17.5. The number of amides is 2. The van der Waals surface area contributed by atoms with Crippen LogP contribution in [-0.4, -0.2) is 47.7 Å². The van der Waals surface area contributed by atoms with Crippen LogP contribution in [0.5, 0.6) is 17.2 Å². The molecular formula is C27H29N3O5S. The summed E-state index contributed by atoms with van der Waals surface area (Å²) < 4.78 is 16.4. The number of hydrogen-bond donors (Lipinski definition) is 1. The van der Waals surface area contributed by atoms with Crippen LogP contribution in [0.4, 0.5) is 0 Å². The summed E-state index contributed by atoms with van der Waals surface area (Å²) in [5.41, 5.74) is 2.03. The topological polar surface area (TPSA) is 90.0 Å². The van der Waals surface area contributed by atoms with E-state index in [1.165, 1.54) is 11.3 Å². The lowest BCUT2D eigenvalue weighted by Gasteiger charge is -2.31. The van der Waals surface area contributed by atoms with E-state index in [2.05, 4.69) is 10.3 Å². The number of aromatic nitrogens is 1. The number of thiazole rings is 1. The first-order valence-corrected chi connectivity index (χ1v) is 13.0. The van der Waals surface area contributed by atoms with E-state index in [9.17, 15) is 9.59 Å². The molecule has 0 aliphatic carbocycles. The summed E-state index contributed by atoms with van der Waals surface area (Å²) in [7, 11) is 0. The molecule has 1 N–H and O–H groups in total. The number of fused-ring (bicyclic) bond motifs is 1. The van der Waals surface area contributed by atoms with Gasteiger partial charge in [0.25, 0.3) is 11.8 Å². The number of benzene rings is 2. The van der Waals surface area contributed by atoms with E-state index in [-0.39, 0.29) is 30.6 Å². The van der Waals surface area contributed by atoms with Gasteiger partial charge in [-0.15, -0.1) is 11.3 Å². The first kappa shape index (κ1) is 24.1. The molecule has 9 heteroatoms. The van der Waals surface area contributed by atoms with Crippen molar-refractivity contribution in [2.75, 3.05) is 19.9 Å². The van der Waals surface area contributed by atoms with Crippen LogP contribution in [0.3, 0.4) is 0 Å². The van der Waals surface area contributed by atoms with Crippen LogP contribution in [0, 0.1) is 0 Å². The van der Waals surface area contributed by atoms with Gasteiger partial charge in [-0.25, -0.2) is 4.98 Å². The minimum absolute atomic E-state index is 0.0345. The quantitative estimate of drug-likeness (QED) is 0.502. The lowest BCUT2D eigenvalue weighted by Crippen LogP contribution is -2.37. The molecule has 5 rings (SSSR count). The highest BCUT2D eigenvalue weighted by Gasteiger charge is 2.27. The molecule has 0 spiro atoms. The highest BCUT2D eigenvalue weighted by Crippen LogP contribution is 2.33. The average Bonchev–Trinajstić information content (AvgIpc) is 3.57. The van der Waals surface area contributed by atoms with Crippen molar-refractivity contribution in [3.63, 3.8) is 0 Å². The number of ether oxygens (including phenoxy) is 3. The molecule has 1 saturated heterocycles. The zero-order valence-electron chi connectivity index (χ0n) is 20.4. The van der Waals surface area contributed by atoms with E-state index in [1.807, 2.05) is 66.6 Å². The van der Waals surface area contributed by atoms with Crippen molar-refractivity contribution in [2.45, 2.75) is 45.3 Å². The van der Waals surface area contributed by atoms with Gasteiger partial charge in [-0.3, -0.25) is 9.59 Å². The molecule has 2 aliphatic rings. The third-order valence-electron chi connectivity index (χ3n) is 6.25. The minimum atomic E-state index is -0.201. The van der Waals surface area contributed by atoms with Crippen LogP contribution in [0.2, 0.25) is 0 Å². The molecule has 2 aliphatic heterocycles. The van der Waals surface area contributed by atoms with E-state index in [1.54, 1.807) is 0 Å². The summed E-state index contributed by atoms with van der Waals surface area (Å²) in [6.07, 6.45) is 1.75. The largest absolute Gasteiger partial charge is 0.491 e. The summed E-state index contributed by atoms with van der Waals surface area (Å²) in [5, 5.41) is 5.68. The summed E-state index contributed by atoms with van der Waals surface area (Å²) in [5.74, 6) is 2.26. The average molecular weight is 508 g/mol. The fraction of sp³-hybridized carbons (Fsp3) is 0.370. The molecule has 188 valence electrons. The number of nitrogens with zero attached hydrogens (tertiary/aromatic N) is 2. The van der Waals surface area contributed by atoms with Crippen molar-refractivity contribution in [3.8, 4) is 17.2 Å². The Kier molecular flexibility index (Phi) is 7.09. The molecule has 36 heavy (non-hydrogen) atoms. The Morgan fingerprint density at radius 3 is 2.61 bits per heavy atom. The Bertz CT molecular complexity index is 1230. The molecule has 0 bridgehead atoms. The lowest BCUT2D eigenvalue weighted by atomic mass is 9.97. The molecule has 2 aromatic carbocycles. The van der Waals surface area contributed by atoms with Gasteiger partial charge >= 0.3 is 0 Å². The molecule has 3 heterocycles. The van der Waals surface area contributed by atoms with E-state index in [0.29, 0.717) is 36.6 Å². The van der Waals surface area contributed by atoms with Crippen LogP contribution in [0.1, 0.15) is 64.0 Å². The maximum absolute atomic E-state index is 12.9. The molecule has 8 nitrogen and oxygen atoms in total. The van der Waals surface area contributed by atoms with E-state index in [0.717, 1.165) is 34.9 Å². The van der Waals surface area contributed by atoms with E-state index < -0.39 is 0 Å². The number of likely N-dealkylation sites (tertiary alicyclic amines) is 1. The third kappa shape index (κ3) is 5.46. The summed E-state index contributed by atoms with van der Waals surface area (Å²) in [6, 6.07) is 12.9. The fourth-order valence-corrected chi connectivity index (χ4v) is 5.33. The zero-order valence-corrected chi connectivity index (χ0v) is 21.2. The highest BCUT2D eigenvalue weighted by molar-refractivity contribution is 7.09. The molecule has 0 saturated carbocycles. The molecule has 1 fully saturated rings. The number of hydrogen-bond acceptors (Lipinski definition) is 7. The van der Waals surface area contributed by atoms with Crippen LogP contribution >= 0.6 is 11.3 Å². The van der Waals surface area contributed by atoms with Gasteiger partial charge in [0.1, 0.15) is 11.4 Å². The second kappa shape index (κ2) is 10.6. The van der Waals surface area contributed by atoms with Crippen molar-refractivity contribution in [1.29, 1.82) is 0 Å². The van der Waals surface area contributed by atoms with Crippen LogP contribution < -0.4 is 19.5 Å². The van der Waals surface area contributed by atoms with Gasteiger partial charge in [0.05, 0.1) is 11.1 Å². The Morgan fingerprint density at radius 1 is 1.11 bits per heavy atom. The van der Waals surface area contributed by atoms with Crippen molar-refractivity contribution in [3.05, 3.63) is 69.7 Å². The molecular weight excluding hydrogens is 478 g/mol. The minimum Gasteiger partial charge on any atom is -0.491 e. The molecule has 3 aromatic rings. The van der Waals surface area contributed by atoms with Gasteiger partial charge < -0.3 is 24.4 Å². The van der Waals surface area contributed by atoms with E-state index in [4.69, 9.17) is 14.2 Å². The van der Waals surface area contributed by atoms with Crippen molar-refractivity contribution < 1.29 is 23.8 Å². The zero-order chi connectivity index (χ0) is 25.1. The van der Waals surface area contributed by atoms with Crippen molar-refractivity contribution >= 4 is 23.2 Å². The van der Waals surface area contributed by atoms with Crippen LogP contribution in [0.25, 0.3) is 0 Å². The maximum Gasteiger partial charge on any atom is 0.271 e. The normalized spacial score (nSPS) is 15.2. The number of carbonyl (C=O) groups excluding carboxylic acids is 2. The van der Waals surface area contributed by atoms with Crippen LogP contribution in [-0.2, 0) is 6.54 Å². The van der Waals surface area contributed by atoms with Crippen LogP contribution in [0.15, 0.2) is 47.8 Å². The highest BCUT2D eigenvalue weighted by atomic mass is 32.1. The van der Waals surface area contributed by atoms with Gasteiger partial charge in [0.15, 0.2) is 11.5 Å². The van der Waals surface area contributed by atoms with Gasteiger partial charge in [-0.2, -0.15) is 0 Å². The summed E-state index contributed by atoms with van der Waals surface area (Å²) in [6.45, 7) is 5.89. The summed E-state index contributed by atoms with van der Waals surface area (Å²) in [4.78, 5) is 32.1. The number of nitrogens with one attached hydrogen (secondary N) is 1. The smallest absolute Gasteiger partial charge is 0.271 e. The number of piperidine rings is 1. The van der Waals surface area contributed by atoms with Crippen molar-refractivity contribution in [1.82, 2.24) is 15.2 Å². The van der Waals surface area contributed by atoms with Gasteiger partial charge in [0.2, 0.25) is 6.79 Å². The monoisotopic (exact) mass is 507 g/mol. The van der Waals surface area contributed by atoms with Gasteiger partial charge in [-0.1, -0.05) is 6.07 Å². The molecule has 1 aromatic heterocycles. The predicted octanol–water partition coefficient (Wildman–Crippen LogP) is 4.61. The standard InChI is InChI=1S/C27H29N3O5S/c1-17(2)35-21-6-4-20(5-7-21)27(32)30-11-9-19(10-12-30)26-29-22(15-36-26)25(31)28-14-18-3-8-23-24(13-18)34-16-33-23/h3-8,13,15,17,19H,9-12,14,16H2,1-2H3,(H,28,31). The third-order valence-corrected chi connectivity index (χ3v) is 7.26. The molecule has 0 radical (unpaired) electrons. The lowest BCUT2D eigenvalue weighted by molar-refractivity contribution is 0.0713. The Morgan fingerprint density at radius 2 is 1.86 bits per heavy atom.